The number of hydrogen-bond donors (Lipinski definition) is 3. The fraction of sp³-hybridized carbons (Fsp3) is 0.500. The van der Waals surface area contributed by atoms with E-state index < -0.39 is 44.7 Å². The lowest BCUT2D eigenvalue weighted by atomic mass is 9.77. The summed E-state index contributed by atoms with van der Waals surface area (Å²) in [6, 6.07) is -3.14. The van der Waals surface area contributed by atoms with E-state index in [1.54, 1.807) is 18.0 Å². The molecule has 0 aliphatic carbocycles. The molecule has 2 aromatic carbocycles. The van der Waals surface area contributed by atoms with E-state index in [0.717, 1.165) is 0 Å². The average Bonchev–Trinajstić information content (AvgIpc) is 2.95. The van der Waals surface area contributed by atoms with Crippen LogP contribution in [-0.4, -0.2) is 86.2 Å². The number of carbonyl (C=O) groups excluding carboxylic acids is 2. The Bertz CT molecular complexity index is 1630. The van der Waals surface area contributed by atoms with E-state index in [-0.39, 0.29) is 39.0 Å². The van der Waals surface area contributed by atoms with Crippen molar-refractivity contribution in [2.24, 2.45) is 0 Å². The van der Waals surface area contributed by atoms with Gasteiger partial charge in [-0.05, 0) is 45.1 Å². The molecule has 44 heavy (non-hydrogen) atoms. The molecule has 0 aromatic heterocycles. The van der Waals surface area contributed by atoms with Gasteiger partial charge in [-0.2, -0.15) is 0 Å². The summed E-state index contributed by atoms with van der Waals surface area (Å²) in [6.45, 7) is 13.6. The predicted octanol–water partition coefficient (Wildman–Crippen LogP) is 4.59. The minimum atomic E-state index is -2.44. The van der Waals surface area contributed by atoms with Crippen molar-refractivity contribution in [1.82, 2.24) is 9.80 Å². The van der Waals surface area contributed by atoms with Crippen LogP contribution in [-0.2, 0) is 4.79 Å². The molecule has 3 N–H and O–H groups in total. The molecule has 1 amide bonds. The van der Waals surface area contributed by atoms with E-state index in [4.69, 9.17) is 18.6 Å². The van der Waals surface area contributed by atoms with Crippen molar-refractivity contribution in [1.29, 1.82) is 0 Å². The quantitative estimate of drug-likeness (QED) is 0.237. The number of aliphatic hydroxyl groups is 1. The summed E-state index contributed by atoms with van der Waals surface area (Å²) in [5, 5.41) is 33.5. The summed E-state index contributed by atoms with van der Waals surface area (Å²) < 4.78 is 24.1. The second-order valence-corrected chi connectivity index (χ2v) is 17.9. The van der Waals surface area contributed by atoms with Gasteiger partial charge in [0.1, 0.15) is 11.5 Å². The smallest absolute Gasteiger partial charge is 0.252 e. The second kappa shape index (κ2) is 10.4. The molecule has 11 nitrogen and oxygen atoms in total. The molecule has 2 bridgehead atoms. The van der Waals surface area contributed by atoms with Crippen molar-refractivity contribution in [3.05, 3.63) is 39.1 Å². The minimum Gasteiger partial charge on any atom is -0.543 e. The maximum Gasteiger partial charge on any atom is 0.252 e. The fourth-order valence-corrected chi connectivity index (χ4v) is 7.63. The fourth-order valence-electron chi connectivity index (χ4n) is 6.55. The average molecular weight is 627 g/mol. The van der Waals surface area contributed by atoms with Gasteiger partial charge in [0.2, 0.25) is 0 Å². The number of rotatable bonds is 6. The second-order valence-electron chi connectivity index (χ2n) is 13.2. The summed E-state index contributed by atoms with van der Waals surface area (Å²) in [7, 11) is 3.58. The summed E-state index contributed by atoms with van der Waals surface area (Å²) in [5.74, 6) is -0.528. The maximum atomic E-state index is 14.3. The Morgan fingerprint density at radius 2 is 1.45 bits per heavy atom. The highest BCUT2D eigenvalue weighted by Crippen LogP contribution is 2.59. The molecule has 5 rings (SSSR count). The standard InChI is InChI=1S/C32H42N2O9Si/c1-14-24(36)21-20(26(38)28(14)40-7)22-17-12-16-19(18(13-35)34(17)31(39)23(25(21)37)33(22)6)30(42-9)29(41-8)15(2)27(16)43-44(10,11)32(3,4)5/h12,18,22-23,35-36,38H,13H2,1-11H3/t18-,22-,23-/m0/s1. The van der Waals surface area contributed by atoms with E-state index in [1.165, 1.54) is 33.2 Å². The van der Waals surface area contributed by atoms with E-state index in [9.17, 15) is 24.9 Å². The molecular formula is C32H42N2O9Si. The SMILES string of the molecule is COc1c(C)c(O)c2c(c1O)[C@@H]1C3=Cc4c(O[Si](C)(C)C(C)(C)C)c(C)c(OC)c(OC)c4[C@H](CO)N3C(=O)[C@H](C2=O)N1C. The van der Waals surface area contributed by atoms with E-state index in [1.807, 2.05) is 6.92 Å². The first-order valence-corrected chi connectivity index (χ1v) is 17.4. The van der Waals surface area contributed by atoms with Crippen molar-refractivity contribution in [3.63, 3.8) is 0 Å². The first-order valence-electron chi connectivity index (χ1n) is 14.5. The van der Waals surface area contributed by atoms with Crippen LogP contribution in [0.2, 0.25) is 18.1 Å². The topological polar surface area (TPSA) is 138 Å². The third kappa shape index (κ3) is 4.07. The van der Waals surface area contributed by atoms with Crippen LogP contribution in [0.15, 0.2) is 5.70 Å². The Kier molecular flexibility index (Phi) is 7.50. The molecule has 0 radical (unpaired) electrons. The van der Waals surface area contributed by atoms with Crippen LogP contribution in [0.1, 0.15) is 71.0 Å². The number of ether oxygens (including phenoxy) is 3. The number of phenols is 2. The van der Waals surface area contributed by atoms with Gasteiger partial charge in [0, 0.05) is 33.5 Å². The molecule has 3 heterocycles. The van der Waals surface area contributed by atoms with Crippen LogP contribution >= 0.6 is 0 Å². The number of piperazine rings is 1. The van der Waals surface area contributed by atoms with Crippen LogP contribution in [0.25, 0.3) is 6.08 Å². The van der Waals surface area contributed by atoms with Crippen molar-refractivity contribution in [3.8, 4) is 34.5 Å². The summed E-state index contributed by atoms with van der Waals surface area (Å²) in [5.41, 5.74) is 2.40. The number of likely N-dealkylation sites (N-methyl/N-ethyl adjacent to an activating group) is 1. The minimum absolute atomic E-state index is 0.0315. The lowest BCUT2D eigenvalue weighted by molar-refractivity contribution is -0.141. The number of benzene rings is 2. The van der Waals surface area contributed by atoms with Crippen LogP contribution in [0.3, 0.4) is 0 Å². The lowest BCUT2D eigenvalue weighted by Gasteiger charge is -2.52. The normalized spacial score (nSPS) is 21.3. The molecule has 3 aliphatic rings. The van der Waals surface area contributed by atoms with Gasteiger partial charge in [-0.25, -0.2) is 0 Å². The third-order valence-corrected chi connectivity index (χ3v) is 14.2. The number of ketones is 1. The van der Waals surface area contributed by atoms with E-state index >= 15 is 0 Å². The van der Waals surface area contributed by atoms with Crippen molar-refractivity contribution < 1.29 is 43.5 Å². The Hall–Kier alpha value is -3.74. The molecule has 1 fully saturated rings. The molecule has 0 spiro atoms. The van der Waals surface area contributed by atoms with Gasteiger partial charge in [0.15, 0.2) is 34.8 Å². The zero-order chi connectivity index (χ0) is 32.8. The van der Waals surface area contributed by atoms with Crippen LogP contribution in [0.4, 0.5) is 0 Å². The van der Waals surface area contributed by atoms with Gasteiger partial charge in [-0.15, -0.1) is 0 Å². The van der Waals surface area contributed by atoms with Gasteiger partial charge in [-0.3, -0.25) is 14.5 Å². The number of aliphatic hydroxyl groups excluding tert-OH is 1. The monoisotopic (exact) mass is 626 g/mol. The molecule has 2 aromatic rings. The molecule has 3 aliphatic heterocycles. The zero-order valence-corrected chi connectivity index (χ0v) is 28.2. The molecule has 1 saturated heterocycles. The van der Waals surface area contributed by atoms with E-state index in [2.05, 4.69) is 33.9 Å². The number of carbonyl (C=O) groups is 2. The largest absolute Gasteiger partial charge is 0.543 e. The Labute approximate surface area is 258 Å². The maximum absolute atomic E-state index is 14.3. The Morgan fingerprint density at radius 1 is 0.864 bits per heavy atom. The van der Waals surface area contributed by atoms with Crippen LogP contribution in [0, 0.1) is 13.8 Å². The predicted molar refractivity (Wildman–Crippen MR) is 166 cm³/mol. The van der Waals surface area contributed by atoms with Gasteiger partial charge < -0.3 is 38.9 Å². The van der Waals surface area contributed by atoms with Gasteiger partial charge in [0.05, 0.1) is 45.6 Å². The molecule has 238 valence electrons. The highest BCUT2D eigenvalue weighted by molar-refractivity contribution is 6.74. The van der Waals surface area contributed by atoms with Gasteiger partial charge in [-0.1, -0.05) is 20.8 Å². The van der Waals surface area contributed by atoms with Crippen molar-refractivity contribution >= 4 is 26.1 Å². The van der Waals surface area contributed by atoms with Crippen LogP contribution in [0.5, 0.6) is 34.5 Å². The van der Waals surface area contributed by atoms with Crippen molar-refractivity contribution in [2.75, 3.05) is 35.0 Å². The van der Waals surface area contributed by atoms with Crippen molar-refractivity contribution in [2.45, 2.75) is 70.9 Å². The first-order chi connectivity index (χ1) is 20.5. The van der Waals surface area contributed by atoms with E-state index in [0.29, 0.717) is 39.6 Å². The van der Waals surface area contributed by atoms with Crippen LogP contribution < -0.4 is 18.6 Å². The number of amides is 1. The molecular weight excluding hydrogens is 584 g/mol. The number of phenolic OH excluding ortho intramolecular Hbond substituents is 2. The van der Waals surface area contributed by atoms with Gasteiger partial charge >= 0.3 is 0 Å². The number of Topliss-reactive ketones (excluding diaryl/α,β-unsaturated/α-hetero) is 1. The highest BCUT2D eigenvalue weighted by atomic mass is 28.4. The highest BCUT2D eigenvalue weighted by Gasteiger charge is 2.57. The third-order valence-electron chi connectivity index (χ3n) is 9.84. The Balaban J connectivity index is 1.92. The summed E-state index contributed by atoms with van der Waals surface area (Å²) in [4.78, 5) is 31.2. The zero-order valence-electron chi connectivity index (χ0n) is 27.2. The van der Waals surface area contributed by atoms with Gasteiger partial charge in [0.25, 0.3) is 14.2 Å². The number of hydrogen-bond acceptors (Lipinski definition) is 10. The summed E-state index contributed by atoms with van der Waals surface area (Å²) in [6.07, 6.45) is 1.80. The molecule has 0 unspecified atom stereocenters. The number of aromatic hydroxyl groups is 2. The number of fused-ring (bicyclic) bond motifs is 7. The number of nitrogens with zero attached hydrogens (tertiary/aromatic N) is 2. The first kappa shape index (κ1) is 31.7. The molecule has 12 heteroatoms. The summed E-state index contributed by atoms with van der Waals surface area (Å²) >= 11 is 0. The molecule has 0 saturated carbocycles. The molecule has 3 atom stereocenters. The lowest BCUT2D eigenvalue weighted by Crippen LogP contribution is -2.62. The Morgan fingerprint density at radius 3 is 1.98 bits per heavy atom. The number of methoxy groups -OCH3 is 3.